The van der Waals surface area contributed by atoms with Gasteiger partial charge >= 0.3 is 0 Å². The number of hydrogen-bond acceptors (Lipinski definition) is 4. The fraction of sp³-hybridized carbons (Fsp3) is 0.588. The van der Waals surface area contributed by atoms with Gasteiger partial charge < -0.3 is 14.6 Å². The molecule has 4 heteroatoms. The molecule has 1 aromatic rings. The molecule has 1 aromatic carbocycles. The quantitative estimate of drug-likeness (QED) is 0.904. The van der Waals surface area contributed by atoms with E-state index in [0.717, 1.165) is 30.6 Å². The Morgan fingerprint density at radius 3 is 2.71 bits per heavy atom. The minimum absolute atomic E-state index is 0.136. The van der Waals surface area contributed by atoms with Crippen molar-refractivity contribution in [2.24, 2.45) is 5.41 Å². The molecule has 0 radical (unpaired) electrons. The minimum Gasteiger partial charge on any atom is -0.494 e. The van der Waals surface area contributed by atoms with E-state index in [4.69, 9.17) is 9.47 Å². The van der Waals surface area contributed by atoms with Gasteiger partial charge in [-0.25, -0.2) is 0 Å². The third-order valence-corrected chi connectivity index (χ3v) is 4.61. The van der Waals surface area contributed by atoms with Gasteiger partial charge in [-0.15, -0.1) is 0 Å². The summed E-state index contributed by atoms with van der Waals surface area (Å²) in [5, 5.41) is 20.3. The number of rotatable bonds is 5. The van der Waals surface area contributed by atoms with Crippen LogP contribution < -0.4 is 4.74 Å². The van der Waals surface area contributed by atoms with Crippen molar-refractivity contribution >= 4 is 0 Å². The van der Waals surface area contributed by atoms with Crippen LogP contribution in [-0.4, -0.2) is 23.9 Å². The van der Waals surface area contributed by atoms with Crippen LogP contribution in [0.5, 0.6) is 5.75 Å². The average Bonchev–Trinajstić information content (AvgIpc) is 3.14. The third-order valence-electron chi connectivity index (χ3n) is 4.61. The van der Waals surface area contributed by atoms with E-state index in [1.807, 2.05) is 24.3 Å². The van der Waals surface area contributed by atoms with Crippen molar-refractivity contribution < 1.29 is 14.6 Å². The molecule has 4 nitrogen and oxygen atoms in total. The van der Waals surface area contributed by atoms with Gasteiger partial charge in [0.2, 0.25) is 0 Å². The zero-order valence-corrected chi connectivity index (χ0v) is 12.3. The Balaban J connectivity index is 1.78. The highest BCUT2D eigenvalue weighted by Gasteiger charge is 2.57. The number of hydrogen-bond donors (Lipinski definition) is 1. The average molecular weight is 287 g/mol. The number of ether oxygens (including phenoxy) is 2. The van der Waals surface area contributed by atoms with Crippen LogP contribution in [0, 0.1) is 16.7 Å². The molecule has 21 heavy (non-hydrogen) atoms. The maximum absolute atomic E-state index is 10.7. The number of nitrogens with zero attached hydrogens (tertiary/aromatic N) is 1. The summed E-state index contributed by atoms with van der Waals surface area (Å²) in [6.07, 6.45) is 2.65. The molecule has 4 unspecified atom stereocenters. The summed E-state index contributed by atoms with van der Waals surface area (Å²) in [5.74, 6) is 0.794. The fourth-order valence-electron chi connectivity index (χ4n) is 3.47. The number of nitriles is 1. The third kappa shape index (κ3) is 2.41. The van der Waals surface area contributed by atoms with Gasteiger partial charge in [-0.1, -0.05) is 19.1 Å². The summed E-state index contributed by atoms with van der Waals surface area (Å²) in [6, 6.07) is 9.75. The lowest BCUT2D eigenvalue weighted by Gasteiger charge is -2.33. The van der Waals surface area contributed by atoms with Crippen LogP contribution in [0.25, 0.3) is 0 Å². The van der Waals surface area contributed by atoms with Gasteiger partial charge in [-0.05, 0) is 43.4 Å². The SMILES string of the molecule is CCCOc1ccc(C(O)C2(C#N)CC3CCC2O3)cc1. The van der Waals surface area contributed by atoms with Gasteiger partial charge in [0.1, 0.15) is 17.3 Å². The topological polar surface area (TPSA) is 62.5 Å². The van der Waals surface area contributed by atoms with E-state index in [-0.39, 0.29) is 12.2 Å². The summed E-state index contributed by atoms with van der Waals surface area (Å²) < 4.78 is 11.3. The number of aliphatic hydroxyl groups is 1. The Labute approximate surface area is 125 Å². The monoisotopic (exact) mass is 287 g/mol. The molecule has 0 saturated carbocycles. The van der Waals surface area contributed by atoms with Gasteiger partial charge in [0.05, 0.1) is 24.9 Å². The second kappa shape index (κ2) is 5.67. The molecule has 0 spiro atoms. The lowest BCUT2D eigenvalue weighted by atomic mass is 9.69. The van der Waals surface area contributed by atoms with Crippen LogP contribution >= 0.6 is 0 Å². The van der Waals surface area contributed by atoms with E-state index < -0.39 is 11.5 Å². The summed E-state index contributed by atoms with van der Waals surface area (Å²) in [4.78, 5) is 0. The smallest absolute Gasteiger partial charge is 0.119 e. The fourth-order valence-corrected chi connectivity index (χ4v) is 3.47. The largest absolute Gasteiger partial charge is 0.494 e. The second-order valence-corrected chi connectivity index (χ2v) is 6.00. The summed E-state index contributed by atoms with van der Waals surface area (Å²) in [7, 11) is 0. The molecular formula is C17H21NO3. The predicted molar refractivity (Wildman–Crippen MR) is 77.7 cm³/mol. The Morgan fingerprint density at radius 2 is 2.19 bits per heavy atom. The molecular weight excluding hydrogens is 266 g/mol. The van der Waals surface area contributed by atoms with Crippen molar-refractivity contribution in [1.29, 1.82) is 5.26 Å². The molecule has 2 aliphatic heterocycles. The summed E-state index contributed by atoms with van der Waals surface area (Å²) in [6.45, 7) is 2.74. The van der Waals surface area contributed by atoms with Gasteiger partial charge in [0.15, 0.2) is 0 Å². The van der Waals surface area contributed by atoms with Gasteiger partial charge in [0, 0.05) is 0 Å². The molecule has 4 atom stereocenters. The minimum atomic E-state index is -0.807. The van der Waals surface area contributed by atoms with Crippen LogP contribution in [0.4, 0.5) is 0 Å². The van der Waals surface area contributed by atoms with Crippen molar-refractivity contribution in [3.63, 3.8) is 0 Å². The van der Waals surface area contributed by atoms with E-state index in [0.29, 0.717) is 13.0 Å². The molecule has 112 valence electrons. The molecule has 2 bridgehead atoms. The van der Waals surface area contributed by atoms with E-state index in [2.05, 4.69) is 13.0 Å². The first-order valence-corrected chi connectivity index (χ1v) is 7.67. The Morgan fingerprint density at radius 1 is 1.43 bits per heavy atom. The first-order valence-electron chi connectivity index (χ1n) is 7.67. The number of benzene rings is 1. The lowest BCUT2D eigenvalue weighted by molar-refractivity contribution is 0.00340. The number of aliphatic hydroxyl groups excluding tert-OH is 1. The molecule has 2 fully saturated rings. The van der Waals surface area contributed by atoms with Crippen LogP contribution in [0.3, 0.4) is 0 Å². The van der Waals surface area contributed by atoms with Gasteiger partial charge in [0.25, 0.3) is 0 Å². The predicted octanol–water partition coefficient (Wildman–Crippen LogP) is 2.97. The first-order chi connectivity index (χ1) is 10.2. The molecule has 2 saturated heterocycles. The Kier molecular flexibility index (Phi) is 3.88. The van der Waals surface area contributed by atoms with Crippen LogP contribution in [0.2, 0.25) is 0 Å². The van der Waals surface area contributed by atoms with Crippen LogP contribution in [-0.2, 0) is 4.74 Å². The van der Waals surface area contributed by atoms with Crippen molar-refractivity contribution in [2.45, 2.75) is 50.9 Å². The standard InChI is InChI=1S/C17H21NO3/c1-2-9-20-13-5-3-12(4-6-13)16(19)17(11-18)10-14-7-8-15(17)21-14/h3-6,14-16,19H,2,7-10H2,1H3. The van der Waals surface area contributed by atoms with E-state index in [9.17, 15) is 10.4 Å². The number of fused-ring (bicyclic) bond motifs is 2. The molecule has 0 aromatic heterocycles. The normalized spacial score (nSPS) is 31.9. The van der Waals surface area contributed by atoms with Crippen molar-refractivity contribution in [3.8, 4) is 11.8 Å². The molecule has 1 N–H and O–H groups in total. The summed E-state index contributed by atoms with van der Waals surface area (Å²) in [5.41, 5.74) is -0.0362. The Bertz CT molecular complexity index is 536. The molecule has 2 heterocycles. The van der Waals surface area contributed by atoms with Gasteiger partial charge in [-0.3, -0.25) is 0 Å². The van der Waals surface area contributed by atoms with Gasteiger partial charge in [-0.2, -0.15) is 5.26 Å². The molecule has 3 rings (SSSR count). The maximum Gasteiger partial charge on any atom is 0.119 e. The molecule has 0 amide bonds. The maximum atomic E-state index is 10.7. The highest BCUT2D eigenvalue weighted by molar-refractivity contribution is 5.32. The second-order valence-electron chi connectivity index (χ2n) is 6.00. The highest BCUT2D eigenvalue weighted by atomic mass is 16.5. The molecule has 2 aliphatic rings. The van der Waals surface area contributed by atoms with E-state index >= 15 is 0 Å². The van der Waals surface area contributed by atoms with Crippen molar-refractivity contribution in [1.82, 2.24) is 0 Å². The van der Waals surface area contributed by atoms with E-state index in [1.165, 1.54) is 0 Å². The molecule has 0 aliphatic carbocycles. The zero-order chi connectivity index (χ0) is 14.9. The van der Waals surface area contributed by atoms with Crippen molar-refractivity contribution in [3.05, 3.63) is 29.8 Å². The lowest BCUT2D eigenvalue weighted by Crippen LogP contribution is -2.37. The van der Waals surface area contributed by atoms with Crippen LogP contribution in [0.15, 0.2) is 24.3 Å². The zero-order valence-electron chi connectivity index (χ0n) is 12.3. The highest BCUT2D eigenvalue weighted by Crippen LogP contribution is 2.53. The van der Waals surface area contributed by atoms with Crippen LogP contribution in [0.1, 0.15) is 44.3 Å². The first kappa shape index (κ1) is 14.4. The summed E-state index contributed by atoms with van der Waals surface area (Å²) >= 11 is 0. The Hall–Kier alpha value is -1.57. The van der Waals surface area contributed by atoms with Crippen molar-refractivity contribution in [2.75, 3.05) is 6.61 Å². The van der Waals surface area contributed by atoms with E-state index in [1.54, 1.807) is 0 Å².